The van der Waals surface area contributed by atoms with E-state index in [2.05, 4.69) is 24.3 Å². The molecule has 2 unspecified atom stereocenters. The number of rotatable bonds is 9. The maximum absolute atomic E-state index is 12.3. The monoisotopic (exact) mass is 516 g/mol. The van der Waals surface area contributed by atoms with Gasteiger partial charge in [0.05, 0.1) is 11.1 Å². The smallest absolute Gasteiger partial charge is 0.164 e. The molecule has 0 aliphatic rings. The second-order valence-electron chi connectivity index (χ2n) is 10.2. The number of aryl methyl sites for hydroxylation is 6. The van der Waals surface area contributed by atoms with Crippen molar-refractivity contribution in [1.82, 2.24) is 0 Å². The predicted octanol–water partition coefficient (Wildman–Crippen LogP) is 7.30. The van der Waals surface area contributed by atoms with Crippen LogP contribution in [0.2, 0.25) is 0 Å². The lowest BCUT2D eigenvalue weighted by Gasteiger charge is -2.28. The van der Waals surface area contributed by atoms with Gasteiger partial charge in [-0.3, -0.25) is 19.6 Å². The van der Waals surface area contributed by atoms with Crippen LogP contribution in [0.25, 0.3) is 0 Å². The third kappa shape index (κ3) is 7.15. The molecule has 202 valence electrons. The van der Waals surface area contributed by atoms with Crippen molar-refractivity contribution in [2.75, 3.05) is 0 Å². The molecule has 0 spiro atoms. The highest BCUT2D eigenvalue weighted by Crippen LogP contribution is 2.41. The topological polar surface area (TPSA) is 99.3 Å². The Morgan fingerprint density at radius 1 is 0.605 bits per heavy atom. The van der Waals surface area contributed by atoms with Gasteiger partial charge in [-0.25, -0.2) is 0 Å². The molecule has 2 aromatic rings. The van der Waals surface area contributed by atoms with Gasteiger partial charge in [-0.1, -0.05) is 35.4 Å². The van der Waals surface area contributed by atoms with E-state index >= 15 is 0 Å². The lowest BCUT2D eigenvalue weighted by Crippen LogP contribution is -2.16. The van der Waals surface area contributed by atoms with Gasteiger partial charge < -0.3 is 10.2 Å². The van der Waals surface area contributed by atoms with Crippen LogP contribution in [0.5, 0.6) is 0 Å². The number of aliphatic hydroxyl groups excluding tert-OH is 2. The number of hydrogen-bond acceptors (Lipinski definition) is 6. The fourth-order valence-electron chi connectivity index (χ4n) is 5.13. The molecule has 0 bridgehead atoms. The Hall–Kier alpha value is -3.80. The summed E-state index contributed by atoms with van der Waals surface area (Å²) < 4.78 is 0. The Bertz CT molecular complexity index is 1220. The highest BCUT2D eigenvalue weighted by molar-refractivity contribution is 6.13. The van der Waals surface area contributed by atoms with Gasteiger partial charge in [0.1, 0.15) is 23.6 Å². The summed E-state index contributed by atoms with van der Waals surface area (Å²) in [6.07, 6.45) is 2.84. The third-order valence-electron chi connectivity index (χ3n) is 6.63. The summed E-state index contributed by atoms with van der Waals surface area (Å²) in [6.45, 7) is 17.8. The van der Waals surface area contributed by atoms with Crippen LogP contribution in [0, 0.1) is 41.5 Å². The number of Topliss-reactive ketones (excluding diaryl/α,β-unsaturated/α-hetero) is 2. The number of carbonyl (C=O) groups excluding carboxylic acids is 2. The van der Waals surface area contributed by atoms with E-state index in [0.717, 1.165) is 44.5 Å². The van der Waals surface area contributed by atoms with Crippen molar-refractivity contribution in [3.8, 4) is 0 Å². The highest BCUT2D eigenvalue weighted by atomic mass is 16.3. The zero-order valence-corrected chi connectivity index (χ0v) is 24.2. The summed E-state index contributed by atoms with van der Waals surface area (Å²) in [6, 6.07) is 7.15. The van der Waals surface area contributed by atoms with Crippen molar-refractivity contribution in [3.05, 3.63) is 91.4 Å². The first-order valence-electron chi connectivity index (χ1n) is 12.7. The van der Waals surface area contributed by atoms with Crippen molar-refractivity contribution in [1.29, 1.82) is 0 Å². The minimum atomic E-state index is -0.590. The van der Waals surface area contributed by atoms with Crippen molar-refractivity contribution >= 4 is 24.0 Å². The number of nitrogens with zero attached hydrogens (tertiary/aromatic N) is 2. The molecule has 0 radical (unpaired) electrons. The second-order valence-corrected chi connectivity index (χ2v) is 10.2. The van der Waals surface area contributed by atoms with E-state index in [1.165, 1.54) is 40.1 Å². The predicted molar refractivity (Wildman–Crippen MR) is 156 cm³/mol. The molecule has 0 saturated carbocycles. The van der Waals surface area contributed by atoms with Crippen LogP contribution >= 0.6 is 0 Å². The van der Waals surface area contributed by atoms with Gasteiger partial charge in [-0.2, -0.15) is 0 Å². The molecule has 0 amide bonds. The molecule has 0 aliphatic heterocycles. The Morgan fingerprint density at radius 2 is 0.868 bits per heavy atom. The molecule has 2 N–H and O–H groups in total. The number of carbonyl (C=O) groups is 2. The molecule has 0 heterocycles. The largest absolute Gasteiger partial charge is 0.512 e. The van der Waals surface area contributed by atoms with Crippen LogP contribution < -0.4 is 0 Å². The maximum atomic E-state index is 12.3. The summed E-state index contributed by atoms with van der Waals surface area (Å²) in [5, 5.41) is 20.3. The first-order valence-corrected chi connectivity index (χ1v) is 12.7. The van der Waals surface area contributed by atoms with E-state index in [-0.39, 0.29) is 34.2 Å². The molecule has 2 rings (SSSR count). The van der Waals surface area contributed by atoms with Gasteiger partial charge in [-0.05, 0) is 103 Å². The lowest BCUT2D eigenvalue weighted by atomic mass is 9.84. The number of allylic oxidation sites excluding steroid dienone is 4. The van der Waals surface area contributed by atoms with E-state index in [1.807, 2.05) is 41.5 Å². The minimum Gasteiger partial charge on any atom is -0.512 e. The number of benzene rings is 2. The van der Waals surface area contributed by atoms with E-state index < -0.39 is 12.1 Å². The standard InChI is InChI=1S/C32H40N2O4/c1-17-11-19(3)29(20(4)12-17)31(33-15-27(23(7)35)24(8)36)32(34-16-28(25(9)37)26(10)38)30-21(5)13-18(2)14-22(30)6/h11-16,31-32,35,37H,1-10H3/b27-23-,28-25+,33-15?,34-16?. The summed E-state index contributed by atoms with van der Waals surface area (Å²) in [7, 11) is 0. The fraction of sp³-hybridized carbons (Fsp3) is 0.375. The number of ketones is 2. The fourth-order valence-corrected chi connectivity index (χ4v) is 5.13. The van der Waals surface area contributed by atoms with Gasteiger partial charge in [-0.15, -0.1) is 0 Å². The van der Waals surface area contributed by atoms with E-state index in [1.54, 1.807) is 0 Å². The van der Waals surface area contributed by atoms with E-state index in [4.69, 9.17) is 9.98 Å². The highest BCUT2D eigenvalue weighted by Gasteiger charge is 2.29. The first-order chi connectivity index (χ1) is 17.6. The van der Waals surface area contributed by atoms with Crippen molar-refractivity contribution < 1.29 is 19.8 Å². The normalized spacial score (nSPS) is 14.9. The SMILES string of the molecule is CC(=O)/C(C=NC(c1c(C)cc(C)cc1C)C(N=C/C(C(C)=O)=C(/C)O)c1c(C)cc(C)cc1C)=C(/C)O. The van der Waals surface area contributed by atoms with Crippen LogP contribution in [-0.4, -0.2) is 34.2 Å². The zero-order valence-electron chi connectivity index (χ0n) is 24.2. The molecule has 0 saturated heterocycles. The summed E-state index contributed by atoms with van der Waals surface area (Å²) in [5.41, 5.74) is 8.42. The molecule has 2 atom stereocenters. The summed E-state index contributed by atoms with van der Waals surface area (Å²) in [5.74, 6) is -0.828. The molecular formula is C32H40N2O4. The van der Waals surface area contributed by atoms with Crippen molar-refractivity contribution in [2.24, 2.45) is 9.98 Å². The van der Waals surface area contributed by atoms with Crippen LogP contribution in [0.3, 0.4) is 0 Å². The Morgan fingerprint density at radius 3 is 1.08 bits per heavy atom. The number of aliphatic imine (C=N–C) groups is 2. The van der Waals surface area contributed by atoms with E-state index in [0.29, 0.717) is 0 Å². The second kappa shape index (κ2) is 12.6. The van der Waals surface area contributed by atoms with Crippen LogP contribution in [-0.2, 0) is 9.59 Å². The molecule has 0 aromatic heterocycles. The summed E-state index contributed by atoms with van der Waals surface area (Å²) in [4.78, 5) is 34.3. The zero-order chi connectivity index (χ0) is 28.9. The average molecular weight is 517 g/mol. The lowest BCUT2D eigenvalue weighted by molar-refractivity contribution is -0.114. The molecule has 0 aliphatic carbocycles. The van der Waals surface area contributed by atoms with Crippen LogP contribution in [0.4, 0.5) is 0 Å². The van der Waals surface area contributed by atoms with E-state index in [9.17, 15) is 19.8 Å². The number of hydrogen-bond donors (Lipinski definition) is 2. The van der Waals surface area contributed by atoms with Gasteiger partial charge in [0, 0.05) is 12.4 Å². The average Bonchev–Trinajstić information content (AvgIpc) is 2.74. The number of aliphatic hydroxyl groups is 2. The molecule has 38 heavy (non-hydrogen) atoms. The molecular weight excluding hydrogens is 476 g/mol. The Balaban J connectivity index is 3.01. The Labute approximate surface area is 226 Å². The minimum absolute atomic E-state index is 0.113. The third-order valence-corrected chi connectivity index (χ3v) is 6.63. The molecule has 6 heteroatoms. The van der Waals surface area contributed by atoms with Crippen LogP contribution in [0.1, 0.15) is 84.3 Å². The Kier molecular flexibility index (Phi) is 10.1. The maximum Gasteiger partial charge on any atom is 0.164 e. The molecule has 2 aromatic carbocycles. The van der Waals surface area contributed by atoms with Gasteiger partial charge >= 0.3 is 0 Å². The quantitative estimate of drug-likeness (QED) is 0.207. The van der Waals surface area contributed by atoms with Gasteiger partial charge in [0.15, 0.2) is 11.6 Å². The molecule has 6 nitrogen and oxygen atoms in total. The van der Waals surface area contributed by atoms with Crippen LogP contribution in [0.15, 0.2) is 56.9 Å². The van der Waals surface area contributed by atoms with Gasteiger partial charge in [0.2, 0.25) is 0 Å². The first kappa shape index (κ1) is 30.4. The molecule has 0 fully saturated rings. The van der Waals surface area contributed by atoms with Crippen molar-refractivity contribution in [3.63, 3.8) is 0 Å². The van der Waals surface area contributed by atoms with Crippen molar-refractivity contribution in [2.45, 2.75) is 81.3 Å². The van der Waals surface area contributed by atoms with Gasteiger partial charge in [0.25, 0.3) is 0 Å². The summed E-state index contributed by atoms with van der Waals surface area (Å²) >= 11 is 0.